The summed E-state index contributed by atoms with van der Waals surface area (Å²) in [4.78, 5) is 24.7. The molecule has 0 aliphatic carbocycles. The lowest BCUT2D eigenvalue weighted by Crippen LogP contribution is -2.05. The molecule has 0 radical (unpaired) electrons. The average molecular weight is 230 g/mol. The van der Waals surface area contributed by atoms with Crippen molar-refractivity contribution < 1.29 is 9.72 Å². The fourth-order valence-corrected chi connectivity index (χ4v) is 1.60. The van der Waals surface area contributed by atoms with Crippen LogP contribution in [0.5, 0.6) is 0 Å². The fourth-order valence-electron chi connectivity index (χ4n) is 1.60. The van der Waals surface area contributed by atoms with Crippen molar-refractivity contribution in [1.29, 1.82) is 0 Å². The molecule has 2 rings (SSSR count). The lowest BCUT2D eigenvalue weighted by Gasteiger charge is -1.99. The third-order valence-electron chi connectivity index (χ3n) is 2.44. The Labute approximate surface area is 97.2 Å². The van der Waals surface area contributed by atoms with Gasteiger partial charge in [-0.1, -0.05) is 30.3 Å². The molecule has 5 nitrogen and oxygen atoms in total. The van der Waals surface area contributed by atoms with Crippen molar-refractivity contribution in [2.24, 2.45) is 0 Å². The summed E-state index contributed by atoms with van der Waals surface area (Å²) in [5.74, 6) is -0.142. The highest BCUT2D eigenvalue weighted by molar-refractivity contribution is 5.97. The number of hydrogen-bond donors (Lipinski definition) is 1. The van der Waals surface area contributed by atoms with E-state index in [-0.39, 0.29) is 17.9 Å². The summed E-state index contributed by atoms with van der Waals surface area (Å²) in [5, 5.41) is 10.7. The molecule has 5 heteroatoms. The molecule has 2 aromatic rings. The number of Topliss-reactive ketones (excluding diaryl/α,β-unsaturated/α-hetero) is 1. The van der Waals surface area contributed by atoms with Crippen LogP contribution in [0.25, 0.3) is 0 Å². The van der Waals surface area contributed by atoms with Crippen LogP contribution in [-0.2, 0) is 6.42 Å². The van der Waals surface area contributed by atoms with E-state index in [9.17, 15) is 14.9 Å². The predicted octanol–water partition coefficient (Wildman–Crippen LogP) is 2.35. The molecule has 0 spiro atoms. The zero-order chi connectivity index (χ0) is 12.3. The highest BCUT2D eigenvalue weighted by atomic mass is 16.6. The van der Waals surface area contributed by atoms with Crippen LogP contribution >= 0.6 is 0 Å². The van der Waals surface area contributed by atoms with E-state index in [4.69, 9.17) is 0 Å². The number of benzene rings is 1. The number of carbonyl (C=O) groups is 1. The van der Waals surface area contributed by atoms with Gasteiger partial charge in [0.2, 0.25) is 0 Å². The van der Waals surface area contributed by atoms with E-state index in [0.717, 1.165) is 0 Å². The normalized spacial score (nSPS) is 10.1. The molecule has 0 bridgehead atoms. The van der Waals surface area contributed by atoms with Crippen molar-refractivity contribution in [3.05, 3.63) is 64.0 Å². The Balaban J connectivity index is 2.19. The van der Waals surface area contributed by atoms with Crippen LogP contribution in [0.2, 0.25) is 0 Å². The molecule has 0 fully saturated rings. The van der Waals surface area contributed by atoms with Crippen molar-refractivity contribution in [3.8, 4) is 0 Å². The molecule has 1 heterocycles. The van der Waals surface area contributed by atoms with Gasteiger partial charge in [-0.25, -0.2) is 0 Å². The number of nitro groups is 1. The van der Waals surface area contributed by atoms with Gasteiger partial charge in [0.05, 0.1) is 11.3 Å². The van der Waals surface area contributed by atoms with Crippen LogP contribution in [0.1, 0.15) is 16.1 Å². The van der Waals surface area contributed by atoms with E-state index in [1.54, 1.807) is 24.3 Å². The van der Waals surface area contributed by atoms with Crippen molar-refractivity contribution >= 4 is 11.5 Å². The van der Waals surface area contributed by atoms with Crippen LogP contribution in [0, 0.1) is 10.1 Å². The number of nitrogens with zero attached hydrogens (tertiary/aromatic N) is 1. The Bertz CT molecular complexity index is 546. The first-order valence-corrected chi connectivity index (χ1v) is 5.07. The number of carbonyl (C=O) groups excluding carboxylic acids is 1. The Kier molecular flexibility index (Phi) is 3.00. The lowest BCUT2D eigenvalue weighted by molar-refractivity contribution is -0.385. The summed E-state index contributed by atoms with van der Waals surface area (Å²) in [6.45, 7) is 0. The Morgan fingerprint density at radius 1 is 1.24 bits per heavy atom. The molecule has 0 unspecified atom stereocenters. The Morgan fingerprint density at radius 3 is 2.59 bits per heavy atom. The van der Waals surface area contributed by atoms with Gasteiger partial charge in [0.1, 0.15) is 5.69 Å². The molecule has 86 valence electrons. The summed E-state index contributed by atoms with van der Waals surface area (Å²) in [6.07, 6.45) is 1.47. The number of rotatable bonds is 4. The summed E-state index contributed by atoms with van der Waals surface area (Å²) in [7, 11) is 0. The standard InChI is InChI=1S/C12H10N2O3/c15-12(9-4-2-1-3-5-9)8-10-11(14(16)17)6-7-13-10/h1-7,13H,8H2. The molecular formula is C12H10N2O3. The highest BCUT2D eigenvalue weighted by Gasteiger charge is 2.17. The van der Waals surface area contributed by atoms with Gasteiger partial charge in [0.25, 0.3) is 5.69 Å². The van der Waals surface area contributed by atoms with Gasteiger partial charge in [-0.3, -0.25) is 14.9 Å². The zero-order valence-electron chi connectivity index (χ0n) is 8.92. The fraction of sp³-hybridized carbons (Fsp3) is 0.0833. The smallest absolute Gasteiger partial charge is 0.290 e. The molecule has 17 heavy (non-hydrogen) atoms. The SMILES string of the molecule is O=C(Cc1[nH]ccc1[N+](=O)[O-])c1ccccc1. The van der Waals surface area contributed by atoms with Crippen molar-refractivity contribution in [3.63, 3.8) is 0 Å². The third-order valence-corrected chi connectivity index (χ3v) is 2.44. The van der Waals surface area contributed by atoms with E-state index in [1.807, 2.05) is 6.07 Å². The largest absolute Gasteiger partial charge is 0.359 e. The summed E-state index contributed by atoms with van der Waals surface area (Å²) in [5.41, 5.74) is 0.842. The predicted molar refractivity (Wildman–Crippen MR) is 61.9 cm³/mol. The molecule has 0 saturated carbocycles. The van der Waals surface area contributed by atoms with Crippen LogP contribution < -0.4 is 0 Å². The number of H-pyrrole nitrogens is 1. The second-order valence-corrected chi connectivity index (χ2v) is 3.56. The molecule has 1 aromatic carbocycles. The topological polar surface area (TPSA) is 76.0 Å². The van der Waals surface area contributed by atoms with Crippen LogP contribution in [0.3, 0.4) is 0 Å². The van der Waals surface area contributed by atoms with Gasteiger partial charge in [0, 0.05) is 17.8 Å². The number of ketones is 1. The first-order valence-electron chi connectivity index (χ1n) is 5.07. The second-order valence-electron chi connectivity index (χ2n) is 3.56. The van der Waals surface area contributed by atoms with Gasteiger partial charge < -0.3 is 4.98 Å². The average Bonchev–Trinajstić information content (AvgIpc) is 2.78. The van der Waals surface area contributed by atoms with Crippen molar-refractivity contribution in [1.82, 2.24) is 4.98 Å². The van der Waals surface area contributed by atoms with Crippen LogP contribution in [0.4, 0.5) is 5.69 Å². The summed E-state index contributed by atoms with van der Waals surface area (Å²) >= 11 is 0. The van der Waals surface area contributed by atoms with Crippen LogP contribution in [-0.4, -0.2) is 15.7 Å². The quantitative estimate of drug-likeness (QED) is 0.497. The van der Waals surface area contributed by atoms with E-state index in [2.05, 4.69) is 4.98 Å². The first kappa shape index (κ1) is 11.1. The maximum absolute atomic E-state index is 11.8. The first-order chi connectivity index (χ1) is 8.18. The minimum atomic E-state index is -0.496. The Morgan fingerprint density at radius 2 is 1.94 bits per heavy atom. The molecular weight excluding hydrogens is 220 g/mol. The Hall–Kier alpha value is -2.43. The molecule has 0 aliphatic rings. The minimum Gasteiger partial charge on any atom is -0.359 e. The van der Waals surface area contributed by atoms with Gasteiger partial charge in [0.15, 0.2) is 5.78 Å². The maximum Gasteiger partial charge on any atom is 0.290 e. The van der Waals surface area contributed by atoms with Gasteiger partial charge >= 0.3 is 0 Å². The van der Waals surface area contributed by atoms with Crippen LogP contribution in [0.15, 0.2) is 42.6 Å². The maximum atomic E-state index is 11.8. The van der Waals surface area contributed by atoms with Gasteiger partial charge in [-0.2, -0.15) is 0 Å². The third kappa shape index (κ3) is 2.39. The number of aromatic nitrogens is 1. The highest BCUT2D eigenvalue weighted by Crippen LogP contribution is 2.18. The van der Waals surface area contributed by atoms with E-state index in [0.29, 0.717) is 11.3 Å². The number of nitrogens with one attached hydrogen (secondary N) is 1. The number of hydrogen-bond acceptors (Lipinski definition) is 3. The molecule has 0 amide bonds. The molecule has 1 N–H and O–H groups in total. The summed E-state index contributed by atoms with van der Waals surface area (Å²) < 4.78 is 0. The van der Waals surface area contributed by atoms with E-state index < -0.39 is 4.92 Å². The van der Waals surface area contributed by atoms with Gasteiger partial charge in [-0.05, 0) is 0 Å². The van der Waals surface area contributed by atoms with E-state index >= 15 is 0 Å². The summed E-state index contributed by atoms with van der Waals surface area (Å²) in [6, 6.07) is 10.1. The zero-order valence-corrected chi connectivity index (χ0v) is 8.92. The van der Waals surface area contributed by atoms with Crippen molar-refractivity contribution in [2.75, 3.05) is 0 Å². The van der Waals surface area contributed by atoms with Gasteiger partial charge in [-0.15, -0.1) is 0 Å². The molecule has 0 atom stereocenters. The minimum absolute atomic E-state index is 0.00727. The molecule has 1 aromatic heterocycles. The van der Waals surface area contributed by atoms with Crippen molar-refractivity contribution in [2.45, 2.75) is 6.42 Å². The monoisotopic (exact) mass is 230 g/mol. The lowest BCUT2D eigenvalue weighted by atomic mass is 10.1. The number of aromatic amines is 1. The second kappa shape index (κ2) is 4.61. The molecule has 0 aliphatic heterocycles. The van der Waals surface area contributed by atoms with E-state index in [1.165, 1.54) is 12.3 Å². The molecule has 0 saturated heterocycles.